The van der Waals surface area contributed by atoms with E-state index in [0.717, 1.165) is 44.9 Å². The maximum atomic E-state index is 9.46. The molecule has 1 aromatic heterocycles. The molecule has 1 aliphatic rings. The summed E-state index contributed by atoms with van der Waals surface area (Å²) in [4.78, 5) is 6.39. The molecule has 0 unspecified atom stereocenters. The van der Waals surface area contributed by atoms with Crippen LogP contribution in [0.5, 0.6) is 5.75 Å². The summed E-state index contributed by atoms with van der Waals surface area (Å²) < 4.78 is 5.48. The van der Waals surface area contributed by atoms with E-state index in [1.54, 1.807) is 7.11 Å². The van der Waals surface area contributed by atoms with Crippen LogP contribution in [-0.4, -0.2) is 54.3 Å². The zero-order valence-electron chi connectivity index (χ0n) is 14.2. The Labute approximate surface area is 148 Å². The lowest BCUT2D eigenvalue weighted by molar-refractivity contribution is 0.0503. The fourth-order valence-electron chi connectivity index (χ4n) is 3.41. The Morgan fingerprint density at radius 3 is 2.79 bits per heavy atom. The van der Waals surface area contributed by atoms with Gasteiger partial charge in [-0.3, -0.25) is 9.80 Å². The summed E-state index contributed by atoms with van der Waals surface area (Å²) in [5, 5.41) is 11.6. The number of aliphatic hydroxyl groups is 1. The maximum absolute atomic E-state index is 9.46. The second-order valence-electron chi connectivity index (χ2n) is 6.26. The molecule has 0 amide bonds. The third-order valence-corrected chi connectivity index (χ3v) is 5.54. The first kappa shape index (κ1) is 17.4. The normalized spacial score (nSPS) is 19.5. The van der Waals surface area contributed by atoms with Gasteiger partial charge in [-0.05, 0) is 23.9 Å². The molecule has 1 fully saturated rings. The van der Waals surface area contributed by atoms with Crippen LogP contribution >= 0.6 is 11.3 Å². The average molecular weight is 346 g/mol. The lowest BCUT2D eigenvalue weighted by Gasteiger charge is -2.41. The minimum absolute atomic E-state index is 0.244. The molecule has 0 spiro atoms. The van der Waals surface area contributed by atoms with Gasteiger partial charge in [0.1, 0.15) is 5.75 Å². The van der Waals surface area contributed by atoms with Crippen LogP contribution in [0.15, 0.2) is 41.8 Å². The number of hydrogen-bond acceptors (Lipinski definition) is 5. The number of aliphatic hydroxyl groups excluding tert-OH is 1. The molecule has 3 rings (SSSR count). The summed E-state index contributed by atoms with van der Waals surface area (Å²) in [5.74, 6) is 0.956. The molecule has 2 heterocycles. The fourth-order valence-corrected chi connectivity index (χ4v) is 4.14. The summed E-state index contributed by atoms with van der Waals surface area (Å²) in [6, 6.07) is 12.9. The molecule has 2 aromatic rings. The number of methoxy groups -OCH3 is 1. The van der Waals surface area contributed by atoms with Crippen LogP contribution in [0.3, 0.4) is 0 Å². The molecule has 5 heteroatoms. The van der Waals surface area contributed by atoms with Crippen molar-refractivity contribution >= 4 is 11.3 Å². The molecule has 1 saturated heterocycles. The highest BCUT2D eigenvalue weighted by atomic mass is 32.1. The Hall–Kier alpha value is -1.40. The van der Waals surface area contributed by atoms with Gasteiger partial charge in [0.15, 0.2) is 0 Å². The molecule has 1 aliphatic heterocycles. The number of para-hydroxylation sites is 1. The highest BCUT2D eigenvalue weighted by Crippen LogP contribution is 2.23. The van der Waals surface area contributed by atoms with Crippen molar-refractivity contribution in [3.05, 3.63) is 52.2 Å². The Balaban J connectivity index is 1.63. The van der Waals surface area contributed by atoms with Crippen LogP contribution in [0.1, 0.15) is 16.9 Å². The number of hydrogen-bond donors (Lipinski definition) is 1. The van der Waals surface area contributed by atoms with E-state index in [4.69, 9.17) is 4.74 Å². The molecular weight excluding hydrogens is 320 g/mol. The van der Waals surface area contributed by atoms with Crippen molar-refractivity contribution < 1.29 is 9.84 Å². The summed E-state index contributed by atoms with van der Waals surface area (Å²) in [7, 11) is 1.73. The van der Waals surface area contributed by atoms with E-state index in [0.29, 0.717) is 6.04 Å². The Morgan fingerprint density at radius 1 is 1.17 bits per heavy atom. The molecule has 0 saturated carbocycles. The van der Waals surface area contributed by atoms with Crippen molar-refractivity contribution in [1.29, 1.82) is 0 Å². The summed E-state index contributed by atoms with van der Waals surface area (Å²) in [6.45, 7) is 5.21. The van der Waals surface area contributed by atoms with Crippen LogP contribution in [0.2, 0.25) is 0 Å². The number of ether oxygens (including phenoxy) is 1. The molecule has 1 aromatic carbocycles. The zero-order chi connectivity index (χ0) is 16.8. The van der Waals surface area contributed by atoms with Crippen molar-refractivity contribution in [3.63, 3.8) is 0 Å². The molecule has 24 heavy (non-hydrogen) atoms. The van der Waals surface area contributed by atoms with Crippen molar-refractivity contribution in [2.45, 2.75) is 25.6 Å². The topological polar surface area (TPSA) is 35.9 Å². The predicted octanol–water partition coefficient (Wildman–Crippen LogP) is 2.83. The standard InChI is InChI=1S/C19H26N2O2S/c1-23-19-7-3-2-5-16(19)13-20-9-10-21(17(14-20)8-11-22)15-18-6-4-12-24-18/h2-7,12,17,22H,8-11,13-15H2,1H3/t17-/m0/s1. The SMILES string of the molecule is COc1ccccc1CN1CCN(Cc2cccs2)[C@@H](CCO)C1. The number of piperazine rings is 1. The van der Waals surface area contributed by atoms with Gasteiger partial charge in [-0.2, -0.15) is 0 Å². The lowest BCUT2D eigenvalue weighted by atomic mass is 10.1. The molecule has 1 N–H and O–H groups in total. The highest BCUT2D eigenvalue weighted by molar-refractivity contribution is 7.09. The summed E-state index contributed by atoms with van der Waals surface area (Å²) >= 11 is 1.81. The van der Waals surface area contributed by atoms with Gasteiger partial charge in [-0.25, -0.2) is 0 Å². The first-order valence-electron chi connectivity index (χ1n) is 8.51. The molecule has 1 atom stereocenters. The van der Waals surface area contributed by atoms with Crippen molar-refractivity contribution in [3.8, 4) is 5.75 Å². The number of thiophene rings is 1. The highest BCUT2D eigenvalue weighted by Gasteiger charge is 2.27. The van der Waals surface area contributed by atoms with E-state index in [1.807, 2.05) is 23.5 Å². The van der Waals surface area contributed by atoms with Crippen LogP contribution < -0.4 is 4.74 Å². The van der Waals surface area contributed by atoms with Gasteiger partial charge in [-0.15, -0.1) is 11.3 Å². The largest absolute Gasteiger partial charge is 0.496 e. The smallest absolute Gasteiger partial charge is 0.123 e. The van der Waals surface area contributed by atoms with Crippen molar-refractivity contribution in [1.82, 2.24) is 9.80 Å². The molecule has 0 aliphatic carbocycles. The molecule has 0 radical (unpaired) electrons. The van der Waals surface area contributed by atoms with Crippen LogP contribution in [0.25, 0.3) is 0 Å². The van der Waals surface area contributed by atoms with Crippen LogP contribution in [0, 0.1) is 0 Å². The first-order chi connectivity index (χ1) is 11.8. The summed E-state index contributed by atoms with van der Waals surface area (Å²) in [6.07, 6.45) is 0.827. The number of rotatable bonds is 7. The van der Waals surface area contributed by atoms with Crippen molar-refractivity contribution in [2.75, 3.05) is 33.4 Å². The van der Waals surface area contributed by atoms with E-state index < -0.39 is 0 Å². The van der Waals surface area contributed by atoms with E-state index in [2.05, 4.69) is 39.4 Å². The van der Waals surface area contributed by atoms with Gasteiger partial charge in [0.05, 0.1) is 7.11 Å². The fraction of sp³-hybridized carbons (Fsp3) is 0.474. The number of nitrogens with zero attached hydrogens (tertiary/aromatic N) is 2. The van der Waals surface area contributed by atoms with Gasteiger partial charge >= 0.3 is 0 Å². The molecule has 4 nitrogen and oxygen atoms in total. The molecule has 0 bridgehead atoms. The third kappa shape index (κ3) is 4.36. The van der Waals surface area contributed by atoms with Gasteiger partial charge in [-0.1, -0.05) is 24.3 Å². The number of benzene rings is 1. The average Bonchev–Trinajstić information content (AvgIpc) is 3.11. The second kappa shape index (κ2) is 8.62. The summed E-state index contributed by atoms with van der Waals surface area (Å²) in [5.41, 5.74) is 1.23. The quantitative estimate of drug-likeness (QED) is 0.836. The predicted molar refractivity (Wildman–Crippen MR) is 98.5 cm³/mol. The van der Waals surface area contributed by atoms with E-state index >= 15 is 0 Å². The molecular formula is C19H26N2O2S. The zero-order valence-corrected chi connectivity index (χ0v) is 15.0. The van der Waals surface area contributed by atoms with E-state index in [-0.39, 0.29) is 6.61 Å². The van der Waals surface area contributed by atoms with E-state index in [9.17, 15) is 5.11 Å². The monoisotopic (exact) mass is 346 g/mol. The first-order valence-corrected chi connectivity index (χ1v) is 9.39. The molecule has 130 valence electrons. The minimum Gasteiger partial charge on any atom is -0.496 e. The Bertz CT molecular complexity index is 618. The van der Waals surface area contributed by atoms with E-state index in [1.165, 1.54) is 10.4 Å². The van der Waals surface area contributed by atoms with Gasteiger partial charge in [0.2, 0.25) is 0 Å². The van der Waals surface area contributed by atoms with Gasteiger partial charge in [0.25, 0.3) is 0 Å². The van der Waals surface area contributed by atoms with Crippen LogP contribution in [0.4, 0.5) is 0 Å². The van der Waals surface area contributed by atoms with Gasteiger partial charge in [0, 0.05) is 55.8 Å². The lowest BCUT2D eigenvalue weighted by Crippen LogP contribution is -2.52. The maximum Gasteiger partial charge on any atom is 0.123 e. The van der Waals surface area contributed by atoms with Crippen molar-refractivity contribution in [2.24, 2.45) is 0 Å². The minimum atomic E-state index is 0.244. The van der Waals surface area contributed by atoms with Crippen LogP contribution in [-0.2, 0) is 13.1 Å². The third-order valence-electron chi connectivity index (χ3n) is 4.68. The Kier molecular flexibility index (Phi) is 6.26. The van der Waals surface area contributed by atoms with Gasteiger partial charge < -0.3 is 9.84 Å². The Morgan fingerprint density at radius 2 is 2.04 bits per heavy atom. The second-order valence-corrected chi connectivity index (χ2v) is 7.30.